The molecule has 0 fully saturated rings. The van der Waals surface area contributed by atoms with Gasteiger partial charge in [0.1, 0.15) is 5.82 Å². The van der Waals surface area contributed by atoms with Gasteiger partial charge in [0, 0.05) is 18.0 Å². The van der Waals surface area contributed by atoms with Gasteiger partial charge < -0.3 is 10.6 Å². The van der Waals surface area contributed by atoms with Crippen molar-refractivity contribution in [3.05, 3.63) is 65.5 Å². The summed E-state index contributed by atoms with van der Waals surface area (Å²) in [5.74, 6) is 1.55. The van der Waals surface area contributed by atoms with E-state index < -0.39 is 0 Å². The molecule has 0 spiro atoms. The summed E-state index contributed by atoms with van der Waals surface area (Å²) in [5, 5.41) is 7.00. The monoisotopic (exact) mass is 348 g/mol. The molecule has 0 atom stereocenters. The lowest BCUT2D eigenvalue weighted by molar-refractivity contribution is 0.617. The van der Waals surface area contributed by atoms with E-state index in [1.54, 1.807) is 17.8 Å². The smallest absolute Gasteiger partial charge is 0.170 e. The molecule has 23 heavy (non-hydrogen) atoms. The second kappa shape index (κ2) is 9.53. The summed E-state index contributed by atoms with van der Waals surface area (Å²) in [6.07, 6.45) is 0.981. The van der Waals surface area contributed by atoms with Crippen molar-refractivity contribution < 1.29 is 4.39 Å². The van der Waals surface area contributed by atoms with Crippen molar-refractivity contribution in [1.29, 1.82) is 0 Å². The molecule has 2 N–H and O–H groups in total. The Morgan fingerprint density at radius 1 is 1.17 bits per heavy atom. The van der Waals surface area contributed by atoms with Crippen molar-refractivity contribution in [3.8, 4) is 0 Å². The van der Waals surface area contributed by atoms with Gasteiger partial charge in [0.15, 0.2) is 5.11 Å². The molecule has 0 amide bonds. The molecule has 0 bridgehead atoms. The van der Waals surface area contributed by atoms with Crippen LogP contribution in [0.3, 0.4) is 0 Å². The Kier molecular flexibility index (Phi) is 7.36. The number of anilines is 1. The number of benzene rings is 2. The first kappa shape index (κ1) is 17.8. The number of rotatable bonds is 7. The number of nitrogens with one attached hydrogen (secondary N) is 2. The quantitative estimate of drug-likeness (QED) is 0.557. The van der Waals surface area contributed by atoms with Crippen LogP contribution in [0.4, 0.5) is 10.1 Å². The zero-order valence-corrected chi connectivity index (χ0v) is 14.8. The normalized spacial score (nSPS) is 10.3. The molecule has 122 valence electrons. The number of halogens is 1. The first-order valence-corrected chi connectivity index (χ1v) is 9.14. The molecule has 0 unspecified atom stereocenters. The summed E-state index contributed by atoms with van der Waals surface area (Å²) < 4.78 is 13.5. The lowest BCUT2D eigenvalue weighted by atomic mass is 10.2. The molecule has 0 aliphatic carbocycles. The van der Waals surface area contributed by atoms with Gasteiger partial charge in [-0.3, -0.25) is 0 Å². The van der Waals surface area contributed by atoms with Crippen molar-refractivity contribution in [2.45, 2.75) is 19.1 Å². The highest BCUT2D eigenvalue weighted by Crippen LogP contribution is 2.15. The molecule has 0 saturated heterocycles. The zero-order valence-electron chi connectivity index (χ0n) is 13.1. The first-order chi connectivity index (χ1) is 11.1. The molecular weight excluding hydrogens is 327 g/mol. The highest BCUT2D eigenvalue weighted by Gasteiger charge is 2.01. The molecule has 0 aliphatic rings. The summed E-state index contributed by atoms with van der Waals surface area (Å²) in [7, 11) is 0. The van der Waals surface area contributed by atoms with Gasteiger partial charge in [-0.25, -0.2) is 4.39 Å². The molecule has 0 saturated carbocycles. The van der Waals surface area contributed by atoms with Crippen molar-refractivity contribution in [2.24, 2.45) is 0 Å². The van der Waals surface area contributed by atoms with Gasteiger partial charge in [0.05, 0.1) is 0 Å². The van der Waals surface area contributed by atoms with E-state index in [0.717, 1.165) is 30.0 Å². The van der Waals surface area contributed by atoms with E-state index in [4.69, 9.17) is 12.2 Å². The zero-order chi connectivity index (χ0) is 16.5. The molecule has 2 aromatic carbocycles. The van der Waals surface area contributed by atoms with Gasteiger partial charge in [-0.15, -0.1) is 0 Å². The van der Waals surface area contributed by atoms with Crippen LogP contribution < -0.4 is 10.6 Å². The highest BCUT2D eigenvalue weighted by atomic mass is 32.2. The van der Waals surface area contributed by atoms with Gasteiger partial charge in [-0.1, -0.05) is 30.3 Å². The third-order valence-corrected chi connectivity index (χ3v) is 4.58. The van der Waals surface area contributed by atoms with Crippen LogP contribution in [0.25, 0.3) is 0 Å². The predicted molar refractivity (Wildman–Crippen MR) is 103 cm³/mol. The van der Waals surface area contributed by atoms with Crippen LogP contribution in [0.1, 0.15) is 17.5 Å². The van der Waals surface area contributed by atoms with Crippen LogP contribution in [0.15, 0.2) is 48.5 Å². The fraction of sp³-hybridized carbons (Fsp3) is 0.278. The second-order valence-corrected chi connectivity index (χ2v) is 6.76. The Bertz CT molecular complexity index is 646. The van der Waals surface area contributed by atoms with Crippen molar-refractivity contribution in [3.63, 3.8) is 0 Å². The molecule has 2 rings (SSSR count). The second-order valence-electron chi connectivity index (χ2n) is 5.25. The van der Waals surface area contributed by atoms with E-state index >= 15 is 0 Å². The Balaban J connectivity index is 1.58. The number of thioether (sulfide) groups is 1. The molecule has 0 radical (unpaired) electrons. The summed E-state index contributed by atoms with van der Waals surface area (Å²) in [6, 6.07) is 15.0. The Morgan fingerprint density at radius 2 is 2.00 bits per heavy atom. The molecular formula is C18H21FN2S2. The van der Waals surface area contributed by atoms with Crippen LogP contribution in [0.2, 0.25) is 0 Å². The SMILES string of the molecule is Cc1cccc(NC(=S)NCCCSCc2ccccc2F)c1. The third-order valence-electron chi connectivity index (χ3n) is 3.24. The topological polar surface area (TPSA) is 24.1 Å². The number of hydrogen-bond acceptors (Lipinski definition) is 2. The summed E-state index contributed by atoms with van der Waals surface area (Å²) >= 11 is 7.01. The van der Waals surface area contributed by atoms with E-state index in [2.05, 4.69) is 29.7 Å². The van der Waals surface area contributed by atoms with Gasteiger partial charge in [0.25, 0.3) is 0 Å². The minimum Gasteiger partial charge on any atom is -0.362 e. The van der Waals surface area contributed by atoms with Gasteiger partial charge in [0.2, 0.25) is 0 Å². The highest BCUT2D eigenvalue weighted by molar-refractivity contribution is 7.98. The Hall–Kier alpha value is -1.59. The average molecular weight is 349 g/mol. The van der Waals surface area contributed by atoms with Gasteiger partial charge in [-0.2, -0.15) is 11.8 Å². The summed E-state index contributed by atoms with van der Waals surface area (Å²) in [6.45, 7) is 2.86. The summed E-state index contributed by atoms with van der Waals surface area (Å²) in [4.78, 5) is 0. The van der Waals surface area contributed by atoms with Crippen molar-refractivity contribution in [2.75, 3.05) is 17.6 Å². The van der Waals surface area contributed by atoms with Crippen LogP contribution in [0, 0.1) is 12.7 Å². The fourth-order valence-corrected chi connectivity index (χ4v) is 3.24. The molecule has 2 aromatic rings. The standard InChI is InChI=1S/C18H21FN2S2/c1-14-6-4-8-16(12-14)21-18(22)20-10-5-11-23-13-15-7-2-3-9-17(15)19/h2-4,6-9,12H,5,10-11,13H2,1H3,(H2,20,21,22). The third kappa shape index (κ3) is 6.59. The van der Waals surface area contributed by atoms with Crippen LogP contribution in [-0.4, -0.2) is 17.4 Å². The lowest BCUT2D eigenvalue weighted by Gasteiger charge is -2.11. The van der Waals surface area contributed by atoms with Gasteiger partial charge in [-0.05, 0) is 60.6 Å². The molecule has 0 heterocycles. The largest absolute Gasteiger partial charge is 0.362 e. The number of hydrogen-bond donors (Lipinski definition) is 2. The maximum Gasteiger partial charge on any atom is 0.170 e. The maximum absolute atomic E-state index is 13.5. The van der Waals surface area contributed by atoms with E-state index in [9.17, 15) is 4.39 Å². The Labute approximate surface area is 146 Å². The van der Waals surface area contributed by atoms with E-state index in [1.807, 2.05) is 24.3 Å². The lowest BCUT2D eigenvalue weighted by Crippen LogP contribution is -2.29. The average Bonchev–Trinajstić information content (AvgIpc) is 2.52. The molecule has 0 aliphatic heterocycles. The van der Waals surface area contributed by atoms with Crippen molar-refractivity contribution >= 4 is 34.8 Å². The van der Waals surface area contributed by atoms with E-state index in [0.29, 0.717) is 10.9 Å². The Morgan fingerprint density at radius 3 is 2.78 bits per heavy atom. The molecule has 2 nitrogen and oxygen atoms in total. The maximum atomic E-state index is 13.5. The number of thiocarbonyl (C=S) groups is 1. The van der Waals surface area contributed by atoms with Crippen LogP contribution >= 0.6 is 24.0 Å². The fourth-order valence-electron chi connectivity index (χ4n) is 2.07. The van der Waals surface area contributed by atoms with E-state index in [-0.39, 0.29) is 5.82 Å². The number of aryl methyl sites for hydroxylation is 1. The molecule has 0 aromatic heterocycles. The molecule has 5 heteroatoms. The van der Waals surface area contributed by atoms with Crippen molar-refractivity contribution in [1.82, 2.24) is 5.32 Å². The van der Waals surface area contributed by atoms with E-state index in [1.165, 1.54) is 11.6 Å². The van der Waals surface area contributed by atoms with Gasteiger partial charge >= 0.3 is 0 Å². The predicted octanol–water partition coefficient (Wildman–Crippen LogP) is 4.74. The van der Waals surface area contributed by atoms with Crippen LogP contribution in [-0.2, 0) is 5.75 Å². The summed E-state index contributed by atoms with van der Waals surface area (Å²) in [5.41, 5.74) is 2.96. The minimum atomic E-state index is -0.123. The minimum absolute atomic E-state index is 0.123. The first-order valence-electron chi connectivity index (χ1n) is 7.58. The van der Waals surface area contributed by atoms with Crippen LogP contribution in [0.5, 0.6) is 0 Å².